The Balaban J connectivity index is 1.53. The minimum Gasteiger partial charge on any atom is -0.491 e. The summed E-state index contributed by atoms with van der Waals surface area (Å²) in [6.07, 6.45) is 7.62. The summed E-state index contributed by atoms with van der Waals surface area (Å²) in [4.78, 5) is 16.7. The average molecular weight is 487 g/mol. The van der Waals surface area contributed by atoms with Crippen LogP contribution < -0.4 is 9.64 Å². The Hall–Kier alpha value is -2.69. The number of benzene rings is 1. The summed E-state index contributed by atoms with van der Waals surface area (Å²) < 4.78 is 31.1. The van der Waals surface area contributed by atoms with Gasteiger partial charge in [-0.15, -0.1) is 0 Å². The van der Waals surface area contributed by atoms with Crippen molar-refractivity contribution in [3.05, 3.63) is 48.0 Å². The summed E-state index contributed by atoms with van der Waals surface area (Å²) in [7, 11) is -1.59. The Morgan fingerprint density at radius 1 is 1.21 bits per heavy atom. The molecule has 1 aliphatic rings. The molecule has 3 aromatic rings. The number of nitrogens with zero attached hydrogens (tertiary/aromatic N) is 5. The van der Waals surface area contributed by atoms with Crippen LogP contribution in [-0.4, -0.2) is 78.7 Å². The molecule has 1 atom stereocenters. The third-order valence-electron chi connectivity index (χ3n) is 6.64. The molecule has 34 heavy (non-hydrogen) atoms. The Kier molecular flexibility index (Phi) is 7.39. The second kappa shape index (κ2) is 10.3. The Morgan fingerprint density at radius 3 is 2.62 bits per heavy atom. The zero-order valence-electron chi connectivity index (χ0n) is 20.4. The number of ether oxygens (including phenoxy) is 1. The van der Waals surface area contributed by atoms with Crippen molar-refractivity contribution >= 4 is 26.7 Å². The number of aromatic amines is 1. The normalized spacial score (nSPS) is 16.3. The predicted molar refractivity (Wildman–Crippen MR) is 135 cm³/mol. The number of H-pyrrole nitrogens is 1. The molecule has 1 unspecified atom stereocenters. The van der Waals surface area contributed by atoms with Gasteiger partial charge in [0.25, 0.3) is 0 Å². The van der Waals surface area contributed by atoms with E-state index in [0.29, 0.717) is 18.8 Å². The lowest BCUT2D eigenvalue weighted by atomic mass is 9.99. The van der Waals surface area contributed by atoms with Crippen LogP contribution in [0.15, 0.2) is 36.9 Å². The lowest BCUT2D eigenvalue weighted by Gasteiger charge is -2.39. The number of aromatic nitrogens is 3. The Morgan fingerprint density at radius 2 is 1.97 bits per heavy atom. The predicted octanol–water partition coefficient (Wildman–Crippen LogP) is 3.02. The van der Waals surface area contributed by atoms with Gasteiger partial charge in [0, 0.05) is 62.4 Å². The summed E-state index contributed by atoms with van der Waals surface area (Å²) in [5.41, 5.74) is 3.33. The van der Waals surface area contributed by atoms with E-state index in [0.717, 1.165) is 54.9 Å². The highest BCUT2D eigenvalue weighted by Crippen LogP contribution is 2.33. The minimum absolute atomic E-state index is 0.274. The van der Waals surface area contributed by atoms with Crippen LogP contribution in [0.5, 0.6) is 5.75 Å². The van der Waals surface area contributed by atoms with Gasteiger partial charge >= 0.3 is 0 Å². The first-order valence-electron chi connectivity index (χ1n) is 11.7. The molecule has 1 aliphatic heterocycles. The first-order chi connectivity index (χ1) is 16.4. The zero-order chi connectivity index (χ0) is 24.3. The molecule has 2 aromatic heterocycles. The van der Waals surface area contributed by atoms with Crippen LogP contribution in [0.1, 0.15) is 37.4 Å². The van der Waals surface area contributed by atoms with Crippen molar-refractivity contribution in [3.63, 3.8) is 0 Å². The van der Waals surface area contributed by atoms with Crippen LogP contribution >= 0.6 is 0 Å². The number of piperazine rings is 1. The third kappa shape index (κ3) is 5.03. The van der Waals surface area contributed by atoms with Gasteiger partial charge in [-0.1, -0.05) is 19.9 Å². The van der Waals surface area contributed by atoms with Crippen LogP contribution in [0.25, 0.3) is 10.9 Å². The summed E-state index contributed by atoms with van der Waals surface area (Å²) in [6.45, 7) is 8.46. The smallest absolute Gasteiger partial charge is 0.211 e. The standard InChI is InChI=1S/C24H34N6O3S/c1-5-22(28-9-11-29(12-10-28)24-23(33-3)15-25-17-27-24)20-14-26-21-8-7-18(13-19(20)21)16-30(6-2)34(4,31)32/h7-8,13-15,17,22,26H,5-6,9-12,16H2,1-4H3. The largest absolute Gasteiger partial charge is 0.491 e. The zero-order valence-corrected chi connectivity index (χ0v) is 21.2. The van der Waals surface area contributed by atoms with Gasteiger partial charge in [-0.25, -0.2) is 18.4 Å². The van der Waals surface area contributed by atoms with E-state index in [4.69, 9.17) is 4.74 Å². The van der Waals surface area contributed by atoms with Gasteiger partial charge in [-0.3, -0.25) is 4.90 Å². The number of hydrogen-bond donors (Lipinski definition) is 1. The molecule has 9 nitrogen and oxygen atoms in total. The van der Waals surface area contributed by atoms with E-state index in [2.05, 4.69) is 50.0 Å². The summed E-state index contributed by atoms with van der Waals surface area (Å²) in [6, 6.07) is 6.47. The maximum Gasteiger partial charge on any atom is 0.211 e. The molecule has 0 spiro atoms. The van der Waals surface area contributed by atoms with E-state index < -0.39 is 10.0 Å². The highest BCUT2D eigenvalue weighted by Gasteiger charge is 2.27. The Labute approximate surface area is 201 Å². The van der Waals surface area contributed by atoms with Crippen LogP contribution in [0.2, 0.25) is 0 Å². The minimum atomic E-state index is -3.24. The van der Waals surface area contributed by atoms with Crippen molar-refractivity contribution in [1.29, 1.82) is 0 Å². The van der Waals surface area contributed by atoms with Crippen LogP contribution in [0.3, 0.4) is 0 Å². The number of hydrogen-bond acceptors (Lipinski definition) is 7. The molecule has 4 rings (SSSR count). The molecule has 1 saturated heterocycles. The molecular weight excluding hydrogens is 452 g/mol. The third-order valence-corrected chi connectivity index (χ3v) is 7.96. The molecule has 0 aliphatic carbocycles. The molecular formula is C24H34N6O3S. The first-order valence-corrected chi connectivity index (χ1v) is 13.6. The Bertz CT molecular complexity index is 1220. The fraction of sp³-hybridized carbons (Fsp3) is 0.500. The monoisotopic (exact) mass is 486 g/mol. The van der Waals surface area contributed by atoms with Crippen LogP contribution in [-0.2, 0) is 16.6 Å². The molecule has 10 heteroatoms. The van der Waals surface area contributed by atoms with Gasteiger partial charge in [0.15, 0.2) is 11.6 Å². The molecule has 1 fully saturated rings. The maximum atomic E-state index is 12.1. The quantitative estimate of drug-likeness (QED) is 0.497. The van der Waals surface area contributed by atoms with Gasteiger partial charge in [0.05, 0.1) is 19.6 Å². The van der Waals surface area contributed by atoms with E-state index in [1.54, 1.807) is 19.6 Å². The lowest BCUT2D eigenvalue weighted by molar-refractivity contribution is 0.181. The fourth-order valence-electron chi connectivity index (χ4n) is 4.84. The molecule has 1 N–H and O–H groups in total. The number of anilines is 1. The highest BCUT2D eigenvalue weighted by atomic mass is 32.2. The van der Waals surface area contributed by atoms with Gasteiger partial charge in [-0.05, 0) is 29.7 Å². The average Bonchev–Trinajstić information content (AvgIpc) is 3.25. The van der Waals surface area contributed by atoms with Gasteiger partial charge < -0.3 is 14.6 Å². The first kappa shape index (κ1) is 24.4. The number of rotatable bonds is 9. The molecule has 3 heterocycles. The van der Waals surface area contributed by atoms with Crippen molar-refractivity contribution in [2.75, 3.05) is 51.0 Å². The number of nitrogens with one attached hydrogen (secondary N) is 1. The van der Waals surface area contributed by atoms with E-state index in [1.807, 2.05) is 13.0 Å². The number of sulfonamides is 1. The summed E-state index contributed by atoms with van der Waals surface area (Å²) in [5, 5.41) is 1.16. The number of fused-ring (bicyclic) bond motifs is 1. The van der Waals surface area contributed by atoms with Crippen LogP contribution in [0, 0.1) is 0 Å². The fourth-order valence-corrected chi connectivity index (χ4v) is 5.70. The molecule has 1 aromatic carbocycles. The summed E-state index contributed by atoms with van der Waals surface area (Å²) in [5.74, 6) is 1.54. The SMILES string of the molecule is CCC(c1c[nH]c2ccc(CN(CC)S(C)(=O)=O)cc12)N1CCN(c2ncncc2OC)CC1. The lowest BCUT2D eigenvalue weighted by Crippen LogP contribution is -2.48. The molecule has 0 bridgehead atoms. The van der Waals surface area contributed by atoms with Crippen molar-refractivity contribution in [2.24, 2.45) is 0 Å². The van der Waals surface area contributed by atoms with Crippen LogP contribution in [0.4, 0.5) is 5.82 Å². The van der Waals surface area contributed by atoms with E-state index in [-0.39, 0.29) is 6.04 Å². The molecule has 0 amide bonds. The van der Waals surface area contributed by atoms with Gasteiger partial charge in [0.2, 0.25) is 10.0 Å². The highest BCUT2D eigenvalue weighted by molar-refractivity contribution is 7.88. The second-order valence-electron chi connectivity index (χ2n) is 8.67. The molecule has 0 saturated carbocycles. The van der Waals surface area contributed by atoms with Gasteiger partial charge in [-0.2, -0.15) is 4.31 Å². The van der Waals surface area contributed by atoms with E-state index in [1.165, 1.54) is 16.1 Å². The van der Waals surface area contributed by atoms with Gasteiger partial charge in [0.1, 0.15) is 6.33 Å². The summed E-state index contributed by atoms with van der Waals surface area (Å²) >= 11 is 0. The molecule has 184 valence electrons. The van der Waals surface area contributed by atoms with E-state index in [9.17, 15) is 8.42 Å². The van der Waals surface area contributed by atoms with Crippen molar-refractivity contribution in [3.8, 4) is 5.75 Å². The maximum absolute atomic E-state index is 12.1. The van der Waals surface area contributed by atoms with Crippen molar-refractivity contribution in [1.82, 2.24) is 24.2 Å². The van der Waals surface area contributed by atoms with Crippen molar-refractivity contribution < 1.29 is 13.2 Å². The number of methoxy groups -OCH3 is 1. The van der Waals surface area contributed by atoms with Crippen molar-refractivity contribution in [2.45, 2.75) is 32.9 Å². The second-order valence-corrected chi connectivity index (χ2v) is 10.7. The molecule has 0 radical (unpaired) electrons. The topological polar surface area (TPSA) is 94.7 Å². The van der Waals surface area contributed by atoms with E-state index >= 15 is 0 Å².